The monoisotopic (exact) mass is 1200 g/mol. The Morgan fingerprint density at radius 2 is 0.593 bits per heavy atom. The van der Waals surface area contributed by atoms with Crippen LogP contribution < -0.4 is 0 Å². The molecule has 0 aliphatic rings. The second-order valence-corrected chi connectivity index (χ2v) is 27.0. The number of rotatable bonds is 59. The smallest absolute Gasteiger partial charge is 0.462 e. The van der Waals surface area contributed by atoms with Gasteiger partial charge in [0.05, 0.1) is 26.4 Å². The summed E-state index contributed by atoms with van der Waals surface area (Å²) in [4.78, 5) is 72.1. The van der Waals surface area contributed by atoms with Crippen LogP contribution in [-0.2, 0) is 65.4 Å². The highest BCUT2D eigenvalue weighted by molar-refractivity contribution is 7.47. The van der Waals surface area contributed by atoms with Gasteiger partial charge in [0.15, 0.2) is 12.2 Å². The Balaban J connectivity index is 5.26. The molecular formula is C62H120O17P2. The summed E-state index contributed by atoms with van der Waals surface area (Å²) in [6.45, 7) is 13.9. The summed E-state index contributed by atoms with van der Waals surface area (Å²) in [6.07, 6.45) is 31.0. The molecule has 81 heavy (non-hydrogen) atoms. The molecule has 19 heteroatoms. The third-order valence-electron chi connectivity index (χ3n) is 14.4. The summed E-state index contributed by atoms with van der Waals surface area (Å²) in [5, 5.41) is 10.5. The maximum absolute atomic E-state index is 12.9. The summed E-state index contributed by atoms with van der Waals surface area (Å²) < 4.78 is 67.9. The number of esters is 4. The molecule has 0 saturated carbocycles. The van der Waals surface area contributed by atoms with Gasteiger partial charge < -0.3 is 33.8 Å². The van der Waals surface area contributed by atoms with Crippen molar-refractivity contribution >= 4 is 39.5 Å². The SMILES string of the molecule is CCC(C)CCCCCCCCCCC(=O)O[C@H](COC(=O)CCCCCCCCCC(C)C)COP(=O)(O)OC[C@@H](O)COP(=O)(O)OC[C@@H](COC(=O)CCCCCCCCC(C)C)OC(=O)CCCCCCCCCC(C)C. The number of carbonyl (C=O) groups excluding carboxylic acids is 4. The van der Waals surface area contributed by atoms with Crippen LogP contribution in [0.1, 0.15) is 293 Å². The highest BCUT2D eigenvalue weighted by Crippen LogP contribution is 2.45. The predicted octanol–water partition coefficient (Wildman–Crippen LogP) is 16.6. The molecule has 0 rings (SSSR count). The summed E-state index contributed by atoms with van der Waals surface area (Å²) in [5.41, 5.74) is 0. The van der Waals surface area contributed by atoms with Crippen LogP contribution in [-0.4, -0.2) is 96.7 Å². The van der Waals surface area contributed by atoms with Crippen molar-refractivity contribution in [1.29, 1.82) is 0 Å². The molecule has 3 N–H and O–H groups in total. The maximum Gasteiger partial charge on any atom is 0.472 e. The Morgan fingerprint density at radius 1 is 0.346 bits per heavy atom. The Hall–Kier alpha value is -1.94. The van der Waals surface area contributed by atoms with Crippen molar-refractivity contribution in [3.8, 4) is 0 Å². The van der Waals surface area contributed by atoms with E-state index in [-0.39, 0.29) is 25.7 Å². The second kappa shape index (κ2) is 52.4. The normalized spacial score (nSPS) is 14.8. The van der Waals surface area contributed by atoms with Crippen LogP contribution >= 0.6 is 15.6 Å². The zero-order valence-corrected chi connectivity index (χ0v) is 54.2. The zero-order valence-electron chi connectivity index (χ0n) is 52.4. The van der Waals surface area contributed by atoms with E-state index in [1.165, 1.54) is 83.5 Å². The minimum absolute atomic E-state index is 0.102. The number of aliphatic hydroxyl groups is 1. The number of hydrogen-bond donors (Lipinski definition) is 3. The van der Waals surface area contributed by atoms with Gasteiger partial charge in [0, 0.05) is 25.7 Å². The van der Waals surface area contributed by atoms with Gasteiger partial charge in [0.25, 0.3) is 0 Å². The first kappa shape index (κ1) is 79.1. The zero-order chi connectivity index (χ0) is 60.4. The summed E-state index contributed by atoms with van der Waals surface area (Å²) >= 11 is 0. The minimum atomic E-state index is -4.94. The fourth-order valence-corrected chi connectivity index (χ4v) is 10.6. The fraction of sp³-hybridized carbons (Fsp3) is 0.935. The quantitative estimate of drug-likeness (QED) is 0.0222. The number of hydrogen-bond acceptors (Lipinski definition) is 15. The van der Waals surface area contributed by atoms with Gasteiger partial charge in [-0.1, -0.05) is 242 Å². The molecule has 0 aliphatic heterocycles. The second-order valence-electron chi connectivity index (χ2n) is 24.1. The third-order valence-corrected chi connectivity index (χ3v) is 16.3. The molecule has 0 saturated heterocycles. The van der Waals surface area contributed by atoms with E-state index in [0.29, 0.717) is 43.4 Å². The van der Waals surface area contributed by atoms with Crippen molar-refractivity contribution in [2.45, 2.75) is 311 Å². The van der Waals surface area contributed by atoms with Crippen LogP contribution in [0.3, 0.4) is 0 Å². The number of unbranched alkanes of at least 4 members (excludes halogenated alkanes) is 24. The fourth-order valence-electron chi connectivity index (χ4n) is 9.04. The van der Waals surface area contributed by atoms with Crippen molar-refractivity contribution in [3.05, 3.63) is 0 Å². The predicted molar refractivity (Wildman–Crippen MR) is 321 cm³/mol. The standard InChI is InChI=1S/C62H120O17P2/c1-9-55(8)41-33-25-16-10-11-17-28-36-44-61(66)78-57(48-72-59(64)42-34-26-18-12-14-22-30-38-52(2)3)50-76-80(68,69)74-46-56(63)47-75-81(70,71)77-51-58(49-73-60(65)43-35-27-21-20-24-32-40-54(6)7)79-62(67)45-37-29-19-13-15-23-31-39-53(4)5/h52-58,63H,9-51H2,1-8H3,(H,68,69)(H,70,71)/t55?,56-,57-,58-/m1/s1. The van der Waals surface area contributed by atoms with Gasteiger partial charge in [-0.05, 0) is 49.4 Å². The van der Waals surface area contributed by atoms with Crippen LogP contribution in [0.5, 0.6) is 0 Å². The number of phosphoric acid groups is 2. The van der Waals surface area contributed by atoms with E-state index in [9.17, 15) is 43.2 Å². The van der Waals surface area contributed by atoms with Crippen molar-refractivity contribution < 1.29 is 80.2 Å². The molecule has 0 fully saturated rings. The van der Waals surface area contributed by atoms with Crippen molar-refractivity contribution in [3.63, 3.8) is 0 Å². The van der Waals surface area contributed by atoms with Gasteiger partial charge >= 0.3 is 39.5 Å². The van der Waals surface area contributed by atoms with Gasteiger partial charge in [0.1, 0.15) is 19.3 Å². The Bertz CT molecular complexity index is 1630. The first-order valence-corrected chi connectivity index (χ1v) is 35.2. The number of phosphoric ester groups is 2. The first-order valence-electron chi connectivity index (χ1n) is 32.2. The van der Waals surface area contributed by atoms with Crippen LogP contribution in [0.25, 0.3) is 0 Å². The van der Waals surface area contributed by atoms with Crippen molar-refractivity contribution in [2.24, 2.45) is 23.7 Å². The molecule has 0 heterocycles. The third kappa shape index (κ3) is 55.7. The molecular weight excluding hydrogens is 1080 g/mol. The van der Waals surface area contributed by atoms with Gasteiger partial charge in [-0.3, -0.25) is 37.3 Å². The minimum Gasteiger partial charge on any atom is -0.462 e. The van der Waals surface area contributed by atoms with E-state index >= 15 is 0 Å². The van der Waals surface area contributed by atoms with Crippen LogP contribution in [0.4, 0.5) is 0 Å². The highest BCUT2D eigenvalue weighted by atomic mass is 31.2. The molecule has 17 nitrogen and oxygen atoms in total. The summed E-state index contributed by atoms with van der Waals surface area (Å²) in [7, 11) is -9.88. The lowest BCUT2D eigenvalue weighted by Crippen LogP contribution is -2.30. The van der Waals surface area contributed by atoms with E-state index in [0.717, 1.165) is 109 Å². The van der Waals surface area contributed by atoms with E-state index in [1.807, 2.05) is 0 Å². The molecule has 6 atom stereocenters. The lowest BCUT2D eigenvalue weighted by atomic mass is 9.99. The average molecular weight is 1200 g/mol. The molecule has 0 aromatic heterocycles. The van der Waals surface area contributed by atoms with E-state index in [4.69, 9.17) is 37.0 Å². The Morgan fingerprint density at radius 3 is 0.877 bits per heavy atom. The van der Waals surface area contributed by atoms with Crippen molar-refractivity contribution in [1.82, 2.24) is 0 Å². The van der Waals surface area contributed by atoms with Crippen LogP contribution in [0.2, 0.25) is 0 Å². The number of aliphatic hydroxyl groups excluding tert-OH is 1. The molecule has 0 radical (unpaired) electrons. The average Bonchev–Trinajstić information content (AvgIpc) is 3.41. The largest absolute Gasteiger partial charge is 0.472 e. The van der Waals surface area contributed by atoms with Gasteiger partial charge in [-0.25, -0.2) is 9.13 Å². The highest BCUT2D eigenvalue weighted by Gasteiger charge is 2.30. The van der Waals surface area contributed by atoms with E-state index < -0.39 is 97.5 Å². The van der Waals surface area contributed by atoms with Crippen molar-refractivity contribution in [2.75, 3.05) is 39.6 Å². The Labute approximate surface area is 492 Å². The number of ether oxygens (including phenoxy) is 4. The van der Waals surface area contributed by atoms with Crippen LogP contribution in [0.15, 0.2) is 0 Å². The molecule has 0 aromatic carbocycles. The summed E-state index contributed by atoms with van der Waals surface area (Å²) in [6, 6.07) is 0. The molecule has 0 bridgehead atoms. The molecule has 480 valence electrons. The molecule has 0 amide bonds. The first-order chi connectivity index (χ1) is 38.6. The topological polar surface area (TPSA) is 237 Å². The maximum atomic E-state index is 12.9. The molecule has 0 aromatic rings. The lowest BCUT2D eigenvalue weighted by Gasteiger charge is -2.21. The summed E-state index contributed by atoms with van der Waals surface area (Å²) in [5.74, 6) is 0.703. The van der Waals surface area contributed by atoms with Gasteiger partial charge in [-0.15, -0.1) is 0 Å². The molecule has 0 aliphatic carbocycles. The Kier molecular flexibility index (Phi) is 51.1. The van der Waals surface area contributed by atoms with E-state index in [2.05, 4.69) is 55.4 Å². The van der Waals surface area contributed by atoms with Gasteiger partial charge in [0.2, 0.25) is 0 Å². The van der Waals surface area contributed by atoms with Gasteiger partial charge in [-0.2, -0.15) is 0 Å². The lowest BCUT2D eigenvalue weighted by molar-refractivity contribution is -0.161. The molecule has 3 unspecified atom stereocenters. The van der Waals surface area contributed by atoms with E-state index in [1.54, 1.807) is 0 Å². The van der Waals surface area contributed by atoms with Crippen LogP contribution in [0, 0.1) is 23.7 Å². The number of carbonyl (C=O) groups is 4. The molecule has 0 spiro atoms.